The monoisotopic (exact) mass is 477 g/mol. The van der Waals surface area contributed by atoms with Gasteiger partial charge in [-0.25, -0.2) is 0 Å². The molecule has 37 heavy (non-hydrogen) atoms. The number of aromatic nitrogens is 3. The van der Waals surface area contributed by atoms with E-state index in [1.165, 1.54) is 5.56 Å². The Hall–Kier alpha value is -5.09. The van der Waals surface area contributed by atoms with E-state index in [4.69, 9.17) is 0 Å². The fraction of sp³-hybridized carbons (Fsp3) is 0. The number of rotatable bonds is 5. The molecule has 176 valence electrons. The zero-order valence-corrected chi connectivity index (χ0v) is 20.0. The predicted octanol–water partition coefficient (Wildman–Crippen LogP) is 7.91. The third kappa shape index (κ3) is 4.73. The minimum atomic E-state index is 0.231. The summed E-state index contributed by atoms with van der Waals surface area (Å²) in [7, 11) is 0. The van der Waals surface area contributed by atoms with Crippen molar-refractivity contribution in [2.45, 2.75) is 0 Å². The lowest BCUT2D eigenvalue weighted by molar-refractivity contribution is 0.475. The molecule has 0 unspecified atom stereocenters. The molecule has 0 atom stereocenters. The van der Waals surface area contributed by atoms with Crippen LogP contribution in [0, 0.1) is 0 Å². The van der Waals surface area contributed by atoms with Crippen molar-refractivity contribution in [3.63, 3.8) is 0 Å². The normalized spacial score (nSPS) is 10.8. The number of phenols is 1. The fourth-order valence-corrected chi connectivity index (χ4v) is 4.50. The van der Waals surface area contributed by atoms with Crippen molar-refractivity contribution in [3.8, 4) is 61.6 Å². The van der Waals surface area contributed by atoms with Gasteiger partial charge < -0.3 is 5.11 Å². The lowest BCUT2D eigenvalue weighted by Crippen LogP contribution is -1.96. The van der Waals surface area contributed by atoms with Crippen molar-refractivity contribution >= 4 is 0 Å². The van der Waals surface area contributed by atoms with Gasteiger partial charge in [-0.1, -0.05) is 109 Å². The van der Waals surface area contributed by atoms with Gasteiger partial charge in [-0.15, -0.1) is 10.2 Å². The summed E-state index contributed by atoms with van der Waals surface area (Å²) in [5.74, 6) is 0.231. The minimum Gasteiger partial charge on any atom is -0.508 e. The Bertz CT molecular complexity index is 1650. The van der Waals surface area contributed by atoms with E-state index >= 15 is 0 Å². The van der Waals surface area contributed by atoms with Gasteiger partial charge in [0.05, 0.1) is 11.4 Å². The summed E-state index contributed by atoms with van der Waals surface area (Å²) in [6.07, 6.45) is 0. The van der Waals surface area contributed by atoms with E-state index in [1.807, 2.05) is 54.6 Å². The van der Waals surface area contributed by atoms with Gasteiger partial charge in [0.2, 0.25) is 0 Å². The first-order chi connectivity index (χ1) is 18.2. The standard InChI is InChI=1S/C33H23N3O/c37-29-18-15-26(16-19-29)31-21-28(24-9-5-2-6-10-24)17-20-30(31)33-22-32(34-36-35-33)27-13-11-25(12-14-27)23-7-3-1-4-8-23/h1-22,37H. The quantitative estimate of drug-likeness (QED) is 0.274. The second-order valence-electron chi connectivity index (χ2n) is 8.82. The largest absolute Gasteiger partial charge is 0.508 e. The van der Waals surface area contributed by atoms with Gasteiger partial charge in [0.1, 0.15) is 5.75 Å². The van der Waals surface area contributed by atoms with Crippen LogP contribution in [-0.2, 0) is 0 Å². The second kappa shape index (κ2) is 9.88. The maximum absolute atomic E-state index is 9.85. The summed E-state index contributed by atoms with van der Waals surface area (Å²) in [6.45, 7) is 0. The van der Waals surface area contributed by atoms with Crippen LogP contribution in [0.4, 0.5) is 0 Å². The molecule has 0 aliphatic rings. The summed E-state index contributed by atoms with van der Waals surface area (Å²) in [6, 6.07) is 44.5. The lowest BCUT2D eigenvalue weighted by Gasteiger charge is -2.13. The highest BCUT2D eigenvalue weighted by atomic mass is 16.3. The molecule has 5 aromatic carbocycles. The van der Waals surface area contributed by atoms with Crippen molar-refractivity contribution in [1.82, 2.24) is 15.4 Å². The smallest absolute Gasteiger partial charge is 0.115 e. The molecule has 0 spiro atoms. The number of aromatic hydroxyl groups is 1. The van der Waals surface area contributed by atoms with E-state index < -0.39 is 0 Å². The molecule has 6 rings (SSSR count). The molecule has 0 saturated heterocycles. The molecule has 0 aliphatic carbocycles. The maximum atomic E-state index is 9.85. The third-order valence-electron chi connectivity index (χ3n) is 6.45. The molecule has 0 radical (unpaired) electrons. The topological polar surface area (TPSA) is 58.9 Å². The Morgan fingerprint density at radius 2 is 0.892 bits per heavy atom. The SMILES string of the molecule is Oc1ccc(-c2cc(-c3ccccc3)ccc2-c2cc(-c3ccc(-c4ccccc4)cc3)nnn2)cc1. The predicted molar refractivity (Wildman–Crippen MR) is 149 cm³/mol. The van der Waals surface area contributed by atoms with E-state index in [0.717, 1.165) is 50.3 Å². The Morgan fingerprint density at radius 1 is 0.378 bits per heavy atom. The van der Waals surface area contributed by atoms with Gasteiger partial charge in [-0.3, -0.25) is 0 Å². The first-order valence-corrected chi connectivity index (χ1v) is 12.1. The summed E-state index contributed by atoms with van der Waals surface area (Å²) < 4.78 is 0. The van der Waals surface area contributed by atoms with E-state index in [1.54, 1.807) is 12.1 Å². The highest BCUT2D eigenvalue weighted by molar-refractivity contribution is 5.86. The van der Waals surface area contributed by atoms with Gasteiger partial charge in [-0.05, 0) is 62.9 Å². The Labute approximate surface area is 215 Å². The molecule has 0 saturated carbocycles. The molecule has 0 fully saturated rings. The van der Waals surface area contributed by atoms with Gasteiger partial charge in [0.25, 0.3) is 0 Å². The van der Waals surface area contributed by atoms with Crippen molar-refractivity contribution < 1.29 is 5.11 Å². The number of benzene rings is 5. The second-order valence-corrected chi connectivity index (χ2v) is 8.82. The fourth-order valence-electron chi connectivity index (χ4n) is 4.50. The number of hydrogen-bond donors (Lipinski definition) is 1. The molecule has 6 aromatic rings. The summed E-state index contributed by atoms with van der Waals surface area (Å²) >= 11 is 0. The average molecular weight is 478 g/mol. The van der Waals surface area contributed by atoms with Crippen LogP contribution in [0.25, 0.3) is 55.9 Å². The third-order valence-corrected chi connectivity index (χ3v) is 6.45. The molecule has 4 heteroatoms. The molecule has 0 bridgehead atoms. The van der Waals surface area contributed by atoms with E-state index in [2.05, 4.69) is 82.1 Å². The Kier molecular flexibility index (Phi) is 5.97. The molecule has 1 N–H and O–H groups in total. The first-order valence-electron chi connectivity index (χ1n) is 12.1. The molecular weight excluding hydrogens is 454 g/mol. The van der Waals surface area contributed by atoms with Crippen LogP contribution >= 0.6 is 0 Å². The minimum absolute atomic E-state index is 0.231. The maximum Gasteiger partial charge on any atom is 0.115 e. The molecule has 1 aromatic heterocycles. The van der Waals surface area contributed by atoms with Crippen LogP contribution in [0.1, 0.15) is 0 Å². The Balaban J connectivity index is 1.42. The molecule has 0 amide bonds. The first kappa shape index (κ1) is 22.4. The van der Waals surface area contributed by atoms with E-state index in [9.17, 15) is 5.11 Å². The molecule has 1 heterocycles. The number of hydrogen-bond acceptors (Lipinski definition) is 4. The highest BCUT2D eigenvalue weighted by Crippen LogP contribution is 2.36. The van der Waals surface area contributed by atoms with Crippen LogP contribution in [0.2, 0.25) is 0 Å². The zero-order chi connectivity index (χ0) is 25.0. The average Bonchev–Trinajstić information content (AvgIpc) is 2.98. The van der Waals surface area contributed by atoms with Gasteiger partial charge in [0.15, 0.2) is 0 Å². The highest BCUT2D eigenvalue weighted by Gasteiger charge is 2.13. The van der Waals surface area contributed by atoms with E-state index in [0.29, 0.717) is 0 Å². The van der Waals surface area contributed by atoms with Crippen LogP contribution in [0.5, 0.6) is 5.75 Å². The van der Waals surface area contributed by atoms with Gasteiger partial charge in [0, 0.05) is 11.1 Å². The van der Waals surface area contributed by atoms with Crippen molar-refractivity contribution in [3.05, 3.63) is 133 Å². The van der Waals surface area contributed by atoms with Gasteiger partial charge in [-0.2, -0.15) is 0 Å². The van der Waals surface area contributed by atoms with Crippen LogP contribution in [0.15, 0.2) is 133 Å². The molecular formula is C33H23N3O. The number of nitrogens with zero attached hydrogens (tertiary/aromatic N) is 3. The summed E-state index contributed by atoms with van der Waals surface area (Å²) in [5.41, 5.74) is 9.97. The lowest BCUT2D eigenvalue weighted by atomic mass is 9.92. The van der Waals surface area contributed by atoms with Crippen molar-refractivity contribution in [2.75, 3.05) is 0 Å². The zero-order valence-electron chi connectivity index (χ0n) is 20.0. The summed E-state index contributed by atoms with van der Waals surface area (Å²) in [4.78, 5) is 0. The number of phenolic OH excluding ortho intramolecular Hbond substituents is 1. The molecule has 0 aliphatic heterocycles. The Morgan fingerprint density at radius 3 is 1.57 bits per heavy atom. The van der Waals surface area contributed by atoms with Crippen molar-refractivity contribution in [1.29, 1.82) is 0 Å². The van der Waals surface area contributed by atoms with Crippen LogP contribution in [0.3, 0.4) is 0 Å². The molecule has 4 nitrogen and oxygen atoms in total. The van der Waals surface area contributed by atoms with Crippen LogP contribution < -0.4 is 0 Å². The summed E-state index contributed by atoms with van der Waals surface area (Å²) in [5, 5.41) is 22.7. The van der Waals surface area contributed by atoms with Crippen molar-refractivity contribution in [2.24, 2.45) is 0 Å². The van der Waals surface area contributed by atoms with Crippen LogP contribution in [-0.4, -0.2) is 20.5 Å². The van der Waals surface area contributed by atoms with Gasteiger partial charge >= 0.3 is 0 Å². The van der Waals surface area contributed by atoms with E-state index in [-0.39, 0.29) is 5.75 Å².